The van der Waals surface area contributed by atoms with Crippen molar-refractivity contribution in [2.45, 2.75) is 51.7 Å². The number of aliphatic hydroxyl groups is 1. The zero-order valence-corrected chi connectivity index (χ0v) is 13.5. The number of amides is 1. The Kier molecular flexibility index (Phi) is 5.29. The average Bonchev–Trinajstić information content (AvgIpc) is 2.85. The van der Waals surface area contributed by atoms with Gasteiger partial charge in [0.25, 0.3) is 0 Å². The molecular formula is C17H25NO4. The second-order valence-electron chi connectivity index (χ2n) is 6.56. The number of rotatable bonds is 5. The standard InChI is InChI=1S/C17H25NO4/c1-17(2,3)22-16(20)18-9-5-8-12-6-4-7-13-10-14(11-19)21-15(12)13/h4,6-7,14,19H,5,8-11H2,1-3H3,(H,18,20). The van der Waals surface area contributed by atoms with Crippen molar-refractivity contribution < 1.29 is 19.4 Å². The molecule has 5 nitrogen and oxygen atoms in total. The molecule has 1 aromatic rings. The summed E-state index contributed by atoms with van der Waals surface area (Å²) in [7, 11) is 0. The lowest BCUT2D eigenvalue weighted by atomic mass is 10.0. The van der Waals surface area contributed by atoms with Gasteiger partial charge in [-0.1, -0.05) is 18.2 Å². The lowest BCUT2D eigenvalue weighted by molar-refractivity contribution is 0.0527. The largest absolute Gasteiger partial charge is 0.487 e. The first kappa shape index (κ1) is 16.6. The number of hydrogen-bond acceptors (Lipinski definition) is 4. The van der Waals surface area contributed by atoms with Gasteiger partial charge in [0.15, 0.2) is 0 Å². The van der Waals surface area contributed by atoms with Crippen LogP contribution in [0, 0.1) is 0 Å². The summed E-state index contributed by atoms with van der Waals surface area (Å²) in [6, 6.07) is 6.08. The Morgan fingerprint density at radius 1 is 1.45 bits per heavy atom. The van der Waals surface area contributed by atoms with E-state index in [2.05, 4.69) is 5.32 Å². The predicted molar refractivity (Wildman–Crippen MR) is 84.2 cm³/mol. The van der Waals surface area contributed by atoms with E-state index >= 15 is 0 Å². The Morgan fingerprint density at radius 3 is 2.91 bits per heavy atom. The number of benzene rings is 1. The van der Waals surface area contributed by atoms with Crippen molar-refractivity contribution in [1.82, 2.24) is 5.32 Å². The molecule has 1 unspecified atom stereocenters. The van der Waals surface area contributed by atoms with E-state index in [1.54, 1.807) is 0 Å². The Balaban J connectivity index is 1.79. The first-order chi connectivity index (χ1) is 10.4. The molecule has 0 spiro atoms. The van der Waals surface area contributed by atoms with Crippen molar-refractivity contribution in [3.05, 3.63) is 29.3 Å². The van der Waals surface area contributed by atoms with Gasteiger partial charge in [0.2, 0.25) is 0 Å². The molecule has 1 aliphatic rings. The molecule has 0 radical (unpaired) electrons. The zero-order valence-electron chi connectivity index (χ0n) is 13.5. The Hall–Kier alpha value is -1.75. The summed E-state index contributed by atoms with van der Waals surface area (Å²) < 4.78 is 11.0. The first-order valence-electron chi connectivity index (χ1n) is 7.74. The average molecular weight is 307 g/mol. The number of aliphatic hydroxyl groups excluding tert-OH is 1. The highest BCUT2D eigenvalue weighted by Gasteiger charge is 2.24. The smallest absolute Gasteiger partial charge is 0.407 e. The van der Waals surface area contributed by atoms with Crippen LogP contribution in [0.4, 0.5) is 4.79 Å². The molecule has 1 amide bonds. The van der Waals surface area contributed by atoms with Gasteiger partial charge in [0, 0.05) is 13.0 Å². The molecule has 0 saturated carbocycles. The van der Waals surface area contributed by atoms with E-state index in [4.69, 9.17) is 9.47 Å². The third-order valence-corrected chi connectivity index (χ3v) is 3.40. The van der Waals surface area contributed by atoms with Gasteiger partial charge >= 0.3 is 6.09 Å². The van der Waals surface area contributed by atoms with Crippen molar-refractivity contribution >= 4 is 6.09 Å². The summed E-state index contributed by atoms with van der Waals surface area (Å²) in [6.45, 7) is 6.12. The minimum absolute atomic E-state index is 0.0360. The molecule has 0 fully saturated rings. The highest BCUT2D eigenvalue weighted by atomic mass is 16.6. The Labute approximate surface area is 131 Å². The minimum atomic E-state index is -0.475. The summed E-state index contributed by atoms with van der Waals surface area (Å²) in [5.74, 6) is 0.902. The number of carbonyl (C=O) groups excluding carboxylic acids is 1. The fraction of sp³-hybridized carbons (Fsp3) is 0.588. The molecular weight excluding hydrogens is 282 g/mol. The number of para-hydroxylation sites is 1. The van der Waals surface area contributed by atoms with Crippen LogP contribution in [0.2, 0.25) is 0 Å². The van der Waals surface area contributed by atoms with Crippen LogP contribution in [-0.2, 0) is 17.6 Å². The SMILES string of the molecule is CC(C)(C)OC(=O)NCCCc1cccc2c1OC(CO)C2. The van der Waals surface area contributed by atoms with E-state index in [9.17, 15) is 9.90 Å². The number of aryl methyl sites for hydroxylation is 1. The van der Waals surface area contributed by atoms with Crippen molar-refractivity contribution in [3.8, 4) is 5.75 Å². The summed E-state index contributed by atoms with van der Waals surface area (Å²) in [5, 5.41) is 12.0. The Morgan fingerprint density at radius 2 is 2.23 bits per heavy atom. The molecule has 0 bridgehead atoms. The van der Waals surface area contributed by atoms with Crippen molar-refractivity contribution in [1.29, 1.82) is 0 Å². The van der Waals surface area contributed by atoms with Gasteiger partial charge in [-0.15, -0.1) is 0 Å². The van der Waals surface area contributed by atoms with Gasteiger partial charge in [-0.2, -0.15) is 0 Å². The van der Waals surface area contributed by atoms with Gasteiger partial charge in [-0.3, -0.25) is 0 Å². The minimum Gasteiger partial charge on any atom is -0.487 e. The monoisotopic (exact) mass is 307 g/mol. The van der Waals surface area contributed by atoms with E-state index in [0.29, 0.717) is 6.54 Å². The quantitative estimate of drug-likeness (QED) is 0.820. The summed E-state index contributed by atoms with van der Waals surface area (Å²) in [4.78, 5) is 11.6. The predicted octanol–water partition coefficient (Wildman–Crippen LogP) is 2.44. The maximum Gasteiger partial charge on any atom is 0.407 e. The van der Waals surface area contributed by atoms with Crippen molar-refractivity contribution in [3.63, 3.8) is 0 Å². The molecule has 22 heavy (non-hydrogen) atoms. The number of ether oxygens (including phenoxy) is 2. The molecule has 2 N–H and O–H groups in total. The molecule has 0 saturated heterocycles. The van der Waals surface area contributed by atoms with Crippen LogP contribution in [0.1, 0.15) is 38.3 Å². The summed E-state index contributed by atoms with van der Waals surface area (Å²) in [6.07, 6.45) is 1.87. The van der Waals surface area contributed by atoms with Gasteiger partial charge in [-0.05, 0) is 44.7 Å². The summed E-state index contributed by atoms with van der Waals surface area (Å²) >= 11 is 0. The van der Waals surface area contributed by atoms with Crippen LogP contribution in [-0.4, -0.2) is 36.1 Å². The normalized spacial score (nSPS) is 16.8. The fourth-order valence-electron chi connectivity index (χ4n) is 2.49. The van der Waals surface area contributed by atoms with Crippen LogP contribution in [0.25, 0.3) is 0 Å². The highest BCUT2D eigenvalue weighted by molar-refractivity contribution is 5.67. The fourth-order valence-corrected chi connectivity index (χ4v) is 2.49. The summed E-state index contributed by atoms with van der Waals surface area (Å²) in [5.41, 5.74) is 1.80. The third-order valence-electron chi connectivity index (χ3n) is 3.40. The van der Waals surface area contributed by atoms with Crippen LogP contribution in [0.15, 0.2) is 18.2 Å². The van der Waals surface area contributed by atoms with Gasteiger partial charge in [0.05, 0.1) is 6.61 Å². The van der Waals surface area contributed by atoms with E-state index in [0.717, 1.165) is 36.1 Å². The van der Waals surface area contributed by atoms with Crippen molar-refractivity contribution in [2.75, 3.05) is 13.2 Å². The molecule has 0 aliphatic carbocycles. The molecule has 1 atom stereocenters. The van der Waals surface area contributed by atoms with Gasteiger partial charge in [-0.25, -0.2) is 4.79 Å². The number of carbonyl (C=O) groups is 1. The van der Waals surface area contributed by atoms with Crippen LogP contribution < -0.4 is 10.1 Å². The molecule has 5 heteroatoms. The Bertz CT molecular complexity index is 522. The van der Waals surface area contributed by atoms with E-state index in [1.165, 1.54) is 0 Å². The van der Waals surface area contributed by atoms with Crippen LogP contribution >= 0.6 is 0 Å². The molecule has 2 rings (SSSR count). The highest BCUT2D eigenvalue weighted by Crippen LogP contribution is 2.33. The number of hydrogen-bond donors (Lipinski definition) is 2. The lowest BCUT2D eigenvalue weighted by Crippen LogP contribution is -2.33. The maximum atomic E-state index is 11.6. The van der Waals surface area contributed by atoms with Crippen LogP contribution in [0.3, 0.4) is 0 Å². The van der Waals surface area contributed by atoms with Crippen molar-refractivity contribution in [2.24, 2.45) is 0 Å². The molecule has 1 aromatic carbocycles. The van der Waals surface area contributed by atoms with Crippen LogP contribution in [0.5, 0.6) is 5.75 Å². The third kappa shape index (κ3) is 4.63. The molecule has 0 aromatic heterocycles. The van der Waals surface area contributed by atoms with E-state index in [-0.39, 0.29) is 18.8 Å². The topological polar surface area (TPSA) is 67.8 Å². The second-order valence-corrected chi connectivity index (χ2v) is 6.56. The number of fused-ring (bicyclic) bond motifs is 1. The second kappa shape index (κ2) is 7.01. The zero-order chi connectivity index (χ0) is 16.2. The number of alkyl carbamates (subject to hydrolysis) is 1. The molecule has 1 heterocycles. The van der Waals surface area contributed by atoms with Gasteiger partial charge in [0.1, 0.15) is 17.5 Å². The number of nitrogens with one attached hydrogen (secondary N) is 1. The maximum absolute atomic E-state index is 11.6. The van der Waals surface area contributed by atoms with E-state index in [1.807, 2.05) is 39.0 Å². The molecule has 1 aliphatic heterocycles. The lowest BCUT2D eigenvalue weighted by Gasteiger charge is -2.19. The molecule has 122 valence electrons. The van der Waals surface area contributed by atoms with Gasteiger partial charge < -0.3 is 19.9 Å². The first-order valence-corrected chi connectivity index (χ1v) is 7.74. The van der Waals surface area contributed by atoms with E-state index < -0.39 is 5.60 Å².